The maximum absolute atomic E-state index is 13.4. The number of benzene rings is 2. The summed E-state index contributed by atoms with van der Waals surface area (Å²) in [6, 6.07) is 14.5. The molecule has 1 aliphatic rings. The van der Waals surface area contributed by atoms with Crippen molar-refractivity contribution in [3.63, 3.8) is 0 Å². The van der Waals surface area contributed by atoms with Crippen molar-refractivity contribution in [2.75, 3.05) is 4.90 Å². The Kier molecular flexibility index (Phi) is 5.93. The van der Waals surface area contributed by atoms with Gasteiger partial charge in [-0.05, 0) is 105 Å². The number of carbonyl (C=O) groups excluding carboxylic acids is 3. The van der Waals surface area contributed by atoms with Crippen LogP contribution in [0.3, 0.4) is 0 Å². The van der Waals surface area contributed by atoms with Crippen LogP contribution < -0.4 is 16.0 Å². The van der Waals surface area contributed by atoms with Gasteiger partial charge < -0.3 is 10.3 Å². The summed E-state index contributed by atoms with van der Waals surface area (Å²) in [5, 5.41) is 2.69. The molecule has 172 valence electrons. The number of primary amides is 1. The van der Waals surface area contributed by atoms with Crippen molar-refractivity contribution in [2.24, 2.45) is 5.73 Å². The van der Waals surface area contributed by atoms with Crippen LogP contribution in [0.2, 0.25) is 0 Å². The van der Waals surface area contributed by atoms with Crippen LogP contribution in [0.5, 0.6) is 0 Å². The van der Waals surface area contributed by atoms with Gasteiger partial charge in [0.2, 0.25) is 5.91 Å². The average molecular weight is 473 g/mol. The van der Waals surface area contributed by atoms with Crippen LogP contribution in [-0.2, 0) is 9.59 Å². The lowest BCUT2D eigenvalue weighted by Crippen LogP contribution is -2.54. The highest BCUT2D eigenvalue weighted by Gasteiger charge is 2.35. The standard InChI is InChI=1S/C26H24N4O3S/c1-14-9-15(2)11-21(10-14)30-25(33)22(24(32)28-26(30)34)13-19-12-16(3)29(17(19)4)20-7-5-18(6-8-20)23(27)31/h5-13H,1-4H3,(H2,27,31)(H,28,32,34)/b22-13+. The van der Waals surface area contributed by atoms with Crippen molar-refractivity contribution in [1.29, 1.82) is 0 Å². The number of nitrogens with zero attached hydrogens (tertiary/aromatic N) is 2. The smallest absolute Gasteiger partial charge is 0.270 e. The van der Waals surface area contributed by atoms with Crippen LogP contribution in [0, 0.1) is 27.7 Å². The van der Waals surface area contributed by atoms with E-state index in [2.05, 4.69) is 5.32 Å². The topological polar surface area (TPSA) is 97.4 Å². The number of hydrogen-bond acceptors (Lipinski definition) is 4. The van der Waals surface area contributed by atoms with Gasteiger partial charge >= 0.3 is 0 Å². The third kappa shape index (κ3) is 4.15. The van der Waals surface area contributed by atoms with Gasteiger partial charge in [0, 0.05) is 22.6 Å². The molecule has 2 heterocycles. The first-order chi connectivity index (χ1) is 16.1. The Labute approximate surface area is 202 Å². The molecule has 0 radical (unpaired) electrons. The van der Waals surface area contributed by atoms with Gasteiger partial charge in [0.05, 0.1) is 5.69 Å². The molecule has 2 aromatic carbocycles. The minimum Gasteiger partial charge on any atom is -0.366 e. The summed E-state index contributed by atoms with van der Waals surface area (Å²) < 4.78 is 1.98. The SMILES string of the molecule is Cc1cc(C)cc(N2C(=O)/C(=C/c3cc(C)n(-c4ccc(C(N)=O)cc4)c3C)C(=O)NC2=S)c1. The number of aryl methyl sites for hydroxylation is 3. The van der Waals surface area contributed by atoms with Crippen LogP contribution >= 0.6 is 12.2 Å². The molecule has 3 N–H and O–H groups in total. The van der Waals surface area contributed by atoms with Crippen molar-refractivity contribution in [3.8, 4) is 5.69 Å². The zero-order chi connectivity index (χ0) is 24.7. The minimum atomic E-state index is -0.536. The Morgan fingerprint density at radius 1 is 0.941 bits per heavy atom. The van der Waals surface area contributed by atoms with E-state index >= 15 is 0 Å². The number of rotatable bonds is 4. The monoisotopic (exact) mass is 472 g/mol. The van der Waals surface area contributed by atoms with E-state index in [4.69, 9.17) is 18.0 Å². The number of thiocarbonyl (C=S) groups is 1. The summed E-state index contributed by atoms with van der Waals surface area (Å²) in [4.78, 5) is 38.9. The van der Waals surface area contributed by atoms with Crippen LogP contribution in [0.25, 0.3) is 11.8 Å². The molecule has 4 rings (SSSR count). The second-order valence-electron chi connectivity index (χ2n) is 8.38. The number of aromatic nitrogens is 1. The Balaban J connectivity index is 1.75. The largest absolute Gasteiger partial charge is 0.366 e. The molecule has 0 unspecified atom stereocenters. The Morgan fingerprint density at radius 3 is 2.15 bits per heavy atom. The molecule has 0 bridgehead atoms. The van der Waals surface area contributed by atoms with Gasteiger partial charge in [-0.3, -0.25) is 24.6 Å². The van der Waals surface area contributed by atoms with Gasteiger partial charge in [-0.15, -0.1) is 0 Å². The molecule has 0 aliphatic carbocycles. The van der Waals surface area contributed by atoms with Gasteiger partial charge in [-0.2, -0.15) is 0 Å². The summed E-state index contributed by atoms with van der Waals surface area (Å²) in [5.41, 5.74) is 11.6. The molecular weight excluding hydrogens is 448 g/mol. The number of nitrogens with one attached hydrogen (secondary N) is 1. The first kappa shape index (κ1) is 23.1. The minimum absolute atomic E-state index is 0.00270. The molecule has 0 spiro atoms. The van der Waals surface area contributed by atoms with Gasteiger partial charge in [-0.1, -0.05) is 6.07 Å². The number of anilines is 1. The molecule has 3 amide bonds. The van der Waals surface area contributed by atoms with E-state index in [9.17, 15) is 14.4 Å². The average Bonchev–Trinajstić information content (AvgIpc) is 3.03. The molecule has 3 aromatic rings. The third-order valence-electron chi connectivity index (χ3n) is 5.75. The molecule has 7 nitrogen and oxygen atoms in total. The fourth-order valence-electron chi connectivity index (χ4n) is 4.23. The Bertz CT molecular complexity index is 1380. The highest BCUT2D eigenvalue weighted by atomic mass is 32.1. The molecule has 1 saturated heterocycles. The number of carbonyl (C=O) groups is 3. The predicted molar refractivity (Wildman–Crippen MR) is 136 cm³/mol. The molecule has 0 atom stereocenters. The molecular formula is C26H24N4O3S. The highest BCUT2D eigenvalue weighted by molar-refractivity contribution is 7.80. The lowest BCUT2D eigenvalue weighted by molar-refractivity contribution is -0.122. The zero-order valence-corrected chi connectivity index (χ0v) is 20.1. The lowest BCUT2D eigenvalue weighted by atomic mass is 10.1. The van der Waals surface area contributed by atoms with E-state index in [0.29, 0.717) is 11.3 Å². The fourth-order valence-corrected chi connectivity index (χ4v) is 4.51. The van der Waals surface area contributed by atoms with Crippen molar-refractivity contribution in [3.05, 3.63) is 87.7 Å². The van der Waals surface area contributed by atoms with Crippen LogP contribution in [0.1, 0.15) is 38.4 Å². The van der Waals surface area contributed by atoms with Crippen LogP contribution in [0.4, 0.5) is 5.69 Å². The second kappa shape index (κ2) is 8.72. The van der Waals surface area contributed by atoms with E-state index in [1.165, 1.54) is 4.90 Å². The van der Waals surface area contributed by atoms with Crippen molar-refractivity contribution >= 4 is 46.8 Å². The van der Waals surface area contributed by atoms with Crippen molar-refractivity contribution < 1.29 is 14.4 Å². The van der Waals surface area contributed by atoms with Gasteiger partial charge in [0.15, 0.2) is 5.11 Å². The Hall–Kier alpha value is -4.04. The van der Waals surface area contributed by atoms with E-state index in [0.717, 1.165) is 33.8 Å². The predicted octanol–water partition coefficient (Wildman–Crippen LogP) is 3.64. The first-order valence-electron chi connectivity index (χ1n) is 10.7. The Morgan fingerprint density at radius 2 is 1.56 bits per heavy atom. The summed E-state index contributed by atoms with van der Waals surface area (Å²) in [7, 11) is 0. The molecule has 34 heavy (non-hydrogen) atoms. The maximum Gasteiger partial charge on any atom is 0.270 e. The molecule has 1 aromatic heterocycles. The van der Waals surface area contributed by atoms with Gasteiger partial charge in [0.25, 0.3) is 11.8 Å². The van der Waals surface area contributed by atoms with E-state index in [1.807, 2.05) is 56.5 Å². The molecule has 1 aliphatic heterocycles. The lowest BCUT2D eigenvalue weighted by Gasteiger charge is -2.29. The first-order valence-corrected chi connectivity index (χ1v) is 11.1. The van der Waals surface area contributed by atoms with Crippen LogP contribution in [-0.4, -0.2) is 27.4 Å². The number of amides is 3. The molecule has 1 fully saturated rings. The number of hydrogen-bond donors (Lipinski definition) is 2. The van der Waals surface area contributed by atoms with E-state index in [1.54, 1.807) is 30.3 Å². The quantitative estimate of drug-likeness (QED) is 0.344. The summed E-state index contributed by atoms with van der Waals surface area (Å²) >= 11 is 5.32. The highest BCUT2D eigenvalue weighted by Crippen LogP contribution is 2.27. The molecule has 8 heteroatoms. The van der Waals surface area contributed by atoms with Gasteiger partial charge in [-0.25, -0.2) is 0 Å². The van der Waals surface area contributed by atoms with E-state index in [-0.39, 0.29) is 10.7 Å². The van der Waals surface area contributed by atoms with Crippen molar-refractivity contribution in [2.45, 2.75) is 27.7 Å². The summed E-state index contributed by atoms with van der Waals surface area (Å²) in [6.07, 6.45) is 1.59. The maximum atomic E-state index is 13.4. The second-order valence-corrected chi connectivity index (χ2v) is 8.76. The molecule has 0 saturated carbocycles. The van der Waals surface area contributed by atoms with Crippen molar-refractivity contribution in [1.82, 2.24) is 9.88 Å². The van der Waals surface area contributed by atoms with Crippen LogP contribution in [0.15, 0.2) is 54.1 Å². The normalized spacial score (nSPS) is 15.1. The van der Waals surface area contributed by atoms with Gasteiger partial charge in [0.1, 0.15) is 5.57 Å². The third-order valence-corrected chi connectivity index (χ3v) is 6.03. The fraction of sp³-hybridized carbons (Fsp3) is 0.154. The van der Waals surface area contributed by atoms with E-state index < -0.39 is 17.7 Å². The number of nitrogens with two attached hydrogens (primary N) is 1. The zero-order valence-electron chi connectivity index (χ0n) is 19.3. The summed E-state index contributed by atoms with van der Waals surface area (Å²) in [6.45, 7) is 7.71. The summed E-state index contributed by atoms with van der Waals surface area (Å²) in [5.74, 6) is -1.51.